The maximum atomic E-state index is 13.4. The van der Waals surface area contributed by atoms with Crippen LogP contribution in [0.25, 0.3) is 5.76 Å². The van der Waals surface area contributed by atoms with Crippen molar-refractivity contribution >= 4 is 29.1 Å². The minimum Gasteiger partial charge on any atom is -0.507 e. The molecule has 3 rings (SSSR count). The molecule has 0 bridgehead atoms. The third-order valence-electron chi connectivity index (χ3n) is 5.97. The number of nitrogens with zero attached hydrogens (tertiary/aromatic N) is 1. The largest absolute Gasteiger partial charge is 0.507 e. The van der Waals surface area contributed by atoms with E-state index in [1.807, 2.05) is 13.8 Å². The summed E-state index contributed by atoms with van der Waals surface area (Å²) in [5.41, 5.74) is 0.540. The minimum atomic E-state index is -0.949. The lowest BCUT2D eigenvalue weighted by Gasteiger charge is -2.26. The summed E-state index contributed by atoms with van der Waals surface area (Å²) < 4.78 is 27.3. The number of rotatable bonds is 11. The molecule has 1 fully saturated rings. The molecule has 1 atom stereocenters. The van der Waals surface area contributed by atoms with Crippen molar-refractivity contribution in [1.82, 2.24) is 4.90 Å². The number of Topliss-reactive ketones (excluding diaryl/α,β-unsaturated/α-hetero) is 1. The zero-order valence-electron chi connectivity index (χ0n) is 21.8. The number of amides is 1. The highest BCUT2D eigenvalue weighted by Gasteiger charge is 2.46. The Bertz CT molecular complexity index is 1170. The molecular weight excluding hydrogens is 502 g/mol. The van der Waals surface area contributed by atoms with Gasteiger partial charge in [-0.15, -0.1) is 0 Å². The summed E-state index contributed by atoms with van der Waals surface area (Å²) in [7, 11) is 5.89. The van der Waals surface area contributed by atoms with E-state index in [1.54, 1.807) is 24.3 Å². The third kappa shape index (κ3) is 5.78. The molecule has 9 nitrogen and oxygen atoms in total. The van der Waals surface area contributed by atoms with E-state index in [1.165, 1.54) is 39.4 Å². The molecule has 2 aromatic carbocycles. The van der Waals surface area contributed by atoms with Crippen LogP contribution in [0.5, 0.6) is 23.0 Å². The van der Waals surface area contributed by atoms with Crippen LogP contribution >= 0.6 is 11.6 Å². The van der Waals surface area contributed by atoms with E-state index < -0.39 is 23.5 Å². The summed E-state index contributed by atoms with van der Waals surface area (Å²) >= 11 is 6.38. The normalized spacial score (nSPS) is 16.9. The molecule has 1 N–H and O–H groups in total. The summed E-state index contributed by atoms with van der Waals surface area (Å²) in [6.45, 7) is 4.44. The van der Waals surface area contributed by atoms with Gasteiger partial charge in [0.05, 0.1) is 51.2 Å². The molecule has 1 unspecified atom stereocenters. The second-order valence-electron chi connectivity index (χ2n) is 8.57. The lowest BCUT2D eigenvalue weighted by molar-refractivity contribution is -0.140. The number of halogens is 1. The molecule has 2 aromatic rings. The average Bonchev–Trinajstić information content (AvgIpc) is 3.14. The van der Waals surface area contributed by atoms with Gasteiger partial charge in [0, 0.05) is 18.7 Å². The van der Waals surface area contributed by atoms with Crippen molar-refractivity contribution in [3.63, 3.8) is 0 Å². The van der Waals surface area contributed by atoms with Gasteiger partial charge in [0.25, 0.3) is 11.7 Å². The van der Waals surface area contributed by atoms with Gasteiger partial charge in [0.2, 0.25) is 5.75 Å². The van der Waals surface area contributed by atoms with Crippen molar-refractivity contribution < 1.29 is 38.4 Å². The molecular formula is C27H32ClNO8. The van der Waals surface area contributed by atoms with Crippen LogP contribution in [0.4, 0.5) is 0 Å². The summed E-state index contributed by atoms with van der Waals surface area (Å²) in [5, 5.41) is 11.6. The van der Waals surface area contributed by atoms with Gasteiger partial charge in [0.15, 0.2) is 11.5 Å². The highest BCUT2D eigenvalue weighted by atomic mass is 35.5. The monoisotopic (exact) mass is 533 g/mol. The van der Waals surface area contributed by atoms with Gasteiger partial charge in [-0.1, -0.05) is 11.6 Å². The standard InChI is InChI=1S/C27H32ClNO8/c1-15(2)37-11-7-10-29-23(16-12-20(34-4)26(36-6)21(13-16)35-5)22(25(31)27(29)32)24(30)18-14-17(33-3)8-9-19(18)28/h8-9,12-15,23,30H,7,10-11H2,1-6H3/b24-22+. The fourth-order valence-electron chi connectivity index (χ4n) is 4.23. The first-order chi connectivity index (χ1) is 17.7. The average molecular weight is 534 g/mol. The molecule has 10 heteroatoms. The minimum absolute atomic E-state index is 0.0246. The number of ketones is 1. The topological polar surface area (TPSA) is 104 Å². The molecule has 1 aliphatic rings. The molecule has 0 aromatic heterocycles. The molecule has 1 aliphatic heterocycles. The smallest absolute Gasteiger partial charge is 0.295 e. The lowest BCUT2D eigenvalue weighted by Crippen LogP contribution is -2.31. The Morgan fingerprint density at radius 3 is 2.19 bits per heavy atom. The van der Waals surface area contributed by atoms with Gasteiger partial charge in [-0.25, -0.2) is 0 Å². The number of carbonyl (C=O) groups is 2. The quantitative estimate of drug-likeness (QED) is 0.193. The van der Waals surface area contributed by atoms with Gasteiger partial charge < -0.3 is 33.7 Å². The van der Waals surface area contributed by atoms with Gasteiger partial charge in [-0.3, -0.25) is 9.59 Å². The van der Waals surface area contributed by atoms with E-state index in [2.05, 4.69) is 0 Å². The van der Waals surface area contributed by atoms with Crippen LogP contribution in [0.1, 0.15) is 37.4 Å². The van der Waals surface area contributed by atoms with Gasteiger partial charge >= 0.3 is 0 Å². The molecule has 200 valence electrons. The Labute approximate surface area is 221 Å². The first kappa shape index (κ1) is 28.1. The predicted octanol–water partition coefficient (Wildman–Crippen LogP) is 4.61. The molecule has 0 saturated carbocycles. The molecule has 1 saturated heterocycles. The van der Waals surface area contributed by atoms with E-state index in [0.29, 0.717) is 41.6 Å². The van der Waals surface area contributed by atoms with Gasteiger partial charge in [-0.2, -0.15) is 0 Å². The first-order valence-corrected chi connectivity index (χ1v) is 12.1. The van der Waals surface area contributed by atoms with Crippen LogP contribution in [0, 0.1) is 0 Å². The predicted molar refractivity (Wildman–Crippen MR) is 139 cm³/mol. The van der Waals surface area contributed by atoms with Crippen molar-refractivity contribution in [2.45, 2.75) is 32.4 Å². The first-order valence-electron chi connectivity index (χ1n) is 11.7. The number of aliphatic hydroxyl groups excluding tert-OH is 1. The van der Waals surface area contributed by atoms with Crippen LogP contribution in [-0.4, -0.2) is 69.4 Å². The van der Waals surface area contributed by atoms with Gasteiger partial charge in [-0.05, 0) is 56.2 Å². The van der Waals surface area contributed by atoms with Crippen LogP contribution in [0.15, 0.2) is 35.9 Å². The SMILES string of the molecule is COc1ccc(Cl)c(/C(O)=C2\C(=O)C(=O)N(CCCOC(C)C)C2c2cc(OC)c(OC)c(OC)c2)c1. The zero-order valence-corrected chi connectivity index (χ0v) is 22.5. The van der Waals surface area contributed by atoms with Crippen LogP contribution < -0.4 is 18.9 Å². The second-order valence-corrected chi connectivity index (χ2v) is 8.98. The number of carbonyl (C=O) groups excluding carboxylic acids is 2. The summed E-state index contributed by atoms with van der Waals surface area (Å²) in [6.07, 6.45) is 0.503. The highest BCUT2D eigenvalue weighted by Crippen LogP contribution is 2.46. The molecule has 0 radical (unpaired) electrons. The number of aliphatic hydroxyl groups is 1. The van der Waals surface area contributed by atoms with E-state index >= 15 is 0 Å². The molecule has 37 heavy (non-hydrogen) atoms. The van der Waals surface area contributed by atoms with Crippen LogP contribution in [-0.2, 0) is 14.3 Å². The zero-order chi connectivity index (χ0) is 27.3. The summed E-state index contributed by atoms with van der Waals surface area (Å²) in [6, 6.07) is 7.03. The van der Waals surface area contributed by atoms with E-state index in [9.17, 15) is 14.7 Å². The Morgan fingerprint density at radius 1 is 1.00 bits per heavy atom. The Balaban J connectivity index is 2.22. The number of ether oxygens (including phenoxy) is 5. The molecule has 1 heterocycles. The highest BCUT2D eigenvalue weighted by molar-refractivity contribution is 6.47. The van der Waals surface area contributed by atoms with Crippen molar-refractivity contribution in [1.29, 1.82) is 0 Å². The molecule has 1 amide bonds. The van der Waals surface area contributed by atoms with E-state index in [-0.39, 0.29) is 28.8 Å². The fourth-order valence-corrected chi connectivity index (χ4v) is 4.44. The Morgan fingerprint density at radius 2 is 1.65 bits per heavy atom. The number of hydrogen-bond acceptors (Lipinski definition) is 8. The van der Waals surface area contributed by atoms with Crippen LogP contribution in [0.3, 0.4) is 0 Å². The Hall–Kier alpha value is -3.43. The number of likely N-dealkylation sites (tertiary alicyclic amines) is 1. The van der Waals surface area contributed by atoms with Crippen LogP contribution in [0.2, 0.25) is 5.02 Å². The maximum absolute atomic E-state index is 13.4. The van der Waals surface area contributed by atoms with Crippen molar-refractivity contribution in [2.24, 2.45) is 0 Å². The maximum Gasteiger partial charge on any atom is 0.295 e. The fraction of sp³-hybridized carbons (Fsp3) is 0.407. The second kappa shape index (κ2) is 12.2. The van der Waals surface area contributed by atoms with Crippen molar-refractivity contribution in [3.8, 4) is 23.0 Å². The van der Waals surface area contributed by atoms with E-state index in [4.69, 9.17) is 35.3 Å². The van der Waals surface area contributed by atoms with Gasteiger partial charge in [0.1, 0.15) is 11.5 Å². The number of benzene rings is 2. The van der Waals surface area contributed by atoms with Crippen molar-refractivity contribution in [2.75, 3.05) is 41.6 Å². The Kier molecular flexibility index (Phi) is 9.29. The molecule has 0 aliphatic carbocycles. The summed E-state index contributed by atoms with van der Waals surface area (Å²) in [5.74, 6) is -0.539. The van der Waals surface area contributed by atoms with E-state index in [0.717, 1.165) is 0 Å². The third-order valence-corrected chi connectivity index (χ3v) is 6.30. The van der Waals surface area contributed by atoms with Crippen molar-refractivity contribution in [3.05, 3.63) is 52.1 Å². The number of hydrogen-bond donors (Lipinski definition) is 1. The lowest BCUT2D eigenvalue weighted by atomic mass is 9.94. The number of methoxy groups -OCH3 is 4. The summed E-state index contributed by atoms with van der Waals surface area (Å²) in [4.78, 5) is 28.0. The molecule has 0 spiro atoms.